The number of ether oxygens (including phenoxy) is 1. The zero-order chi connectivity index (χ0) is 14.9. The van der Waals surface area contributed by atoms with E-state index in [2.05, 4.69) is 0 Å². The Morgan fingerprint density at radius 3 is 2.70 bits per heavy atom. The number of rotatable bonds is 3. The van der Waals surface area contributed by atoms with Gasteiger partial charge in [-0.2, -0.15) is 0 Å². The maximum absolute atomic E-state index is 13.8. The molecule has 1 aliphatic rings. The Morgan fingerprint density at radius 1 is 1.45 bits per heavy atom. The van der Waals surface area contributed by atoms with Crippen molar-refractivity contribution in [2.45, 2.75) is 18.6 Å². The summed E-state index contributed by atoms with van der Waals surface area (Å²) in [6.07, 6.45) is -0.972. The normalized spacial score (nSPS) is 21.9. The molecule has 2 rings (SSSR count). The standard InChI is InChI=1S/C13H14FNO5/c1-20-8-2-3-9(10(14)5-8)12(17)15-6-7(16)4-11(15)13(18)19/h2-3,5,7,11,16H,4,6H2,1H3,(H,18,19)/t7?,11-/m0/s1. The van der Waals surface area contributed by atoms with Crippen LogP contribution in [0.2, 0.25) is 0 Å². The van der Waals surface area contributed by atoms with Crippen molar-refractivity contribution in [1.82, 2.24) is 4.90 Å². The summed E-state index contributed by atoms with van der Waals surface area (Å²) in [5, 5.41) is 18.5. The molecule has 0 saturated carbocycles. The van der Waals surface area contributed by atoms with Gasteiger partial charge in [-0.05, 0) is 12.1 Å². The van der Waals surface area contributed by atoms with Crippen molar-refractivity contribution in [3.05, 3.63) is 29.6 Å². The lowest BCUT2D eigenvalue weighted by Gasteiger charge is -2.21. The van der Waals surface area contributed by atoms with Gasteiger partial charge in [0.05, 0.1) is 18.8 Å². The molecule has 20 heavy (non-hydrogen) atoms. The number of halogens is 1. The molecular weight excluding hydrogens is 269 g/mol. The minimum Gasteiger partial charge on any atom is -0.497 e. The second-order valence-electron chi connectivity index (χ2n) is 4.55. The molecule has 2 atom stereocenters. The number of aliphatic hydroxyl groups excluding tert-OH is 1. The highest BCUT2D eigenvalue weighted by atomic mass is 19.1. The lowest BCUT2D eigenvalue weighted by Crippen LogP contribution is -2.40. The molecule has 1 fully saturated rings. The van der Waals surface area contributed by atoms with Crippen LogP contribution in [-0.4, -0.2) is 52.8 Å². The summed E-state index contributed by atoms with van der Waals surface area (Å²) < 4.78 is 18.7. The SMILES string of the molecule is COc1ccc(C(=O)N2CC(O)C[C@H]2C(=O)O)c(F)c1. The van der Waals surface area contributed by atoms with Crippen molar-refractivity contribution >= 4 is 11.9 Å². The molecule has 1 aliphatic heterocycles. The van der Waals surface area contributed by atoms with Crippen LogP contribution < -0.4 is 4.74 Å². The highest BCUT2D eigenvalue weighted by molar-refractivity contribution is 5.97. The van der Waals surface area contributed by atoms with Crippen molar-refractivity contribution < 1.29 is 28.9 Å². The number of carbonyl (C=O) groups is 2. The van der Waals surface area contributed by atoms with Gasteiger partial charge >= 0.3 is 5.97 Å². The first kappa shape index (κ1) is 14.3. The number of carbonyl (C=O) groups excluding carboxylic acids is 1. The lowest BCUT2D eigenvalue weighted by atomic mass is 10.1. The summed E-state index contributed by atoms with van der Waals surface area (Å²) in [4.78, 5) is 24.2. The zero-order valence-electron chi connectivity index (χ0n) is 10.7. The van der Waals surface area contributed by atoms with Crippen LogP contribution in [0.15, 0.2) is 18.2 Å². The molecule has 1 aromatic carbocycles. The molecule has 2 N–H and O–H groups in total. The number of carboxylic acids is 1. The van der Waals surface area contributed by atoms with Crippen LogP contribution in [0.4, 0.5) is 4.39 Å². The van der Waals surface area contributed by atoms with E-state index in [1.807, 2.05) is 0 Å². The fourth-order valence-electron chi connectivity index (χ4n) is 2.22. The third-order valence-corrected chi connectivity index (χ3v) is 3.23. The Bertz CT molecular complexity index is 548. The number of hydrogen-bond acceptors (Lipinski definition) is 4. The van der Waals surface area contributed by atoms with Crippen LogP contribution in [0, 0.1) is 5.82 Å². The van der Waals surface area contributed by atoms with Gasteiger partial charge in [-0.3, -0.25) is 4.79 Å². The maximum Gasteiger partial charge on any atom is 0.326 e. The molecule has 1 amide bonds. The zero-order valence-corrected chi connectivity index (χ0v) is 10.7. The summed E-state index contributed by atoms with van der Waals surface area (Å²) in [6.45, 7) is -0.124. The molecule has 1 saturated heterocycles. The van der Waals surface area contributed by atoms with Crippen molar-refractivity contribution in [3.8, 4) is 5.75 Å². The van der Waals surface area contributed by atoms with Gasteiger partial charge in [-0.25, -0.2) is 9.18 Å². The van der Waals surface area contributed by atoms with Crippen molar-refractivity contribution in [1.29, 1.82) is 0 Å². The van der Waals surface area contributed by atoms with E-state index >= 15 is 0 Å². The predicted octanol–water partition coefficient (Wildman–Crippen LogP) is 0.494. The van der Waals surface area contributed by atoms with Crippen LogP contribution in [-0.2, 0) is 4.79 Å². The minimum absolute atomic E-state index is 0.0567. The Balaban J connectivity index is 2.29. The van der Waals surface area contributed by atoms with Crippen molar-refractivity contribution in [2.75, 3.05) is 13.7 Å². The Morgan fingerprint density at radius 2 is 2.15 bits per heavy atom. The van der Waals surface area contributed by atoms with Gasteiger partial charge in [-0.15, -0.1) is 0 Å². The number of methoxy groups -OCH3 is 1. The number of hydrogen-bond donors (Lipinski definition) is 2. The van der Waals surface area contributed by atoms with Gasteiger partial charge in [0.1, 0.15) is 17.6 Å². The first-order valence-electron chi connectivity index (χ1n) is 5.99. The molecule has 0 radical (unpaired) electrons. The van der Waals surface area contributed by atoms with Gasteiger partial charge in [0.2, 0.25) is 0 Å². The number of nitrogens with zero attached hydrogens (tertiary/aromatic N) is 1. The maximum atomic E-state index is 13.8. The van der Waals surface area contributed by atoms with Crippen LogP contribution in [0.1, 0.15) is 16.8 Å². The van der Waals surface area contributed by atoms with Crippen molar-refractivity contribution in [3.63, 3.8) is 0 Å². The molecule has 1 aromatic rings. The molecule has 0 aromatic heterocycles. The smallest absolute Gasteiger partial charge is 0.326 e. The summed E-state index contributed by atoms with van der Waals surface area (Å²) in [6, 6.07) is 2.56. The number of amides is 1. The largest absolute Gasteiger partial charge is 0.497 e. The molecule has 1 heterocycles. The molecule has 0 bridgehead atoms. The van der Waals surface area contributed by atoms with Crippen LogP contribution in [0.5, 0.6) is 5.75 Å². The average molecular weight is 283 g/mol. The third kappa shape index (κ3) is 2.57. The molecule has 0 aliphatic carbocycles. The molecular formula is C13H14FNO5. The van der Waals surface area contributed by atoms with E-state index in [0.717, 1.165) is 11.0 Å². The highest BCUT2D eigenvalue weighted by Crippen LogP contribution is 2.23. The second-order valence-corrected chi connectivity index (χ2v) is 4.55. The van der Waals surface area contributed by atoms with E-state index in [4.69, 9.17) is 9.84 Å². The summed E-state index contributed by atoms with van der Waals surface area (Å²) in [5.74, 6) is -2.51. The first-order valence-corrected chi connectivity index (χ1v) is 5.99. The number of aliphatic carboxylic acids is 1. The van der Waals surface area contributed by atoms with Crippen LogP contribution in [0.3, 0.4) is 0 Å². The number of benzene rings is 1. The fraction of sp³-hybridized carbons (Fsp3) is 0.385. The Hall–Kier alpha value is -2.15. The summed E-state index contributed by atoms with van der Waals surface area (Å²) in [7, 11) is 1.37. The van der Waals surface area contributed by atoms with Gasteiger partial charge in [0.25, 0.3) is 5.91 Å². The van der Waals surface area contributed by atoms with Crippen LogP contribution >= 0.6 is 0 Å². The topological polar surface area (TPSA) is 87.1 Å². The quantitative estimate of drug-likeness (QED) is 0.843. The number of carboxylic acid groups (broad SMARTS) is 1. The van der Waals surface area contributed by atoms with E-state index in [9.17, 15) is 19.1 Å². The lowest BCUT2D eigenvalue weighted by molar-refractivity contribution is -0.141. The van der Waals surface area contributed by atoms with E-state index < -0.39 is 29.8 Å². The molecule has 7 heteroatoms. The van der Waals surface area contributed by atoms with E-state index in [1.54, 1.807) is 0 Å². The number of aliphatic hydroxyl groups is 1. The highest BCUT2D eigenvalue weighted by Gasteiger charge is 2.39. The average Bonchev–Trinajstić information content (AvgIpc) is 2.80. The number of β-amino-alcohol motifs (C(OH)–C–C–N with tert-alkyl or cyclic N) is 1. The first-order chi connectivity index (χ1) is 9.43. The summed E-state index contributed by atoms with van der Waals surface area (Å²) >= 11 is 0. The molecule has 6 nitrogen and oxygen atoms in total. The van der Waals surface area contributed by atoms with Gasteiger partial charge < -0.3 is 19.8 Å². The molecule has 108 valence electrons. The van der Waals surface area contributed by atoms with Crippen LogP contribution in [0.25, 0.3) is 0 Å². The summed E-state index contributed by atoms with van der Waals surface area (Å²) in [5.41, 5.74) is -0.244. The second kappa shape index (κ2) is 5.46. The Kier molecular flexibility index (Phi) is 3.89. The molecule has 0 spiro atoms. The molecule has 1 unspecified atom stereocenters. The van der Waals surface area contributed by atoms with Gasteiger partial charge in [0.15, 0.2) is 0 Å². The predicted molar refractivity (Wildman–Crippen MR) is 66.0 cm³/mol. The van der Waals surface area contributed by atoms with Gasteiger partial charge in [-0.1, -0.05) is 0 Å². The van der Waals surface area contributed by atoms with E-state index in [0.29, 0.717) is 0 Å². The van der Waals surface area contributed by atoms with Crippen molar-refractivity contribution in [2.24, 2.45) is 0 Å². The number of likely N-dealkylation sites (tertiary alicyclic amines) is 1. The fourth-order valence-corrected chi connectivity index (χ4v) is 2.22. The van der Waals surface area contributed by atoms with Gasteiger partial charge in [0, 0.05) is 19.0 Å². The Labute approximate surface area is 114 Å². The minimum atomic E-state index is -1.22. The monoisotopic (exact) mass is 283 g/mol. The van der Waals surface area contributed by atoms with E-state index in [-0.39, 0.29) is 24.3 Å². The van der Waals surface area contributed by atoms with E-state index in [1.165, 1.54) is 19.2 Å². The third-order valence-electron chi connectivity index (χ3n) is 3.23.